The minimum absolute atomic E-state index is 0.213. The summed E-state index contributed by atoms with van der Waals surface area (Å²) in [4.78, 5) is 58.4. The Morgan fingerprint density at radius 2 is 1.83 bits per heavy atom. The molecule has 254 valence electrons. The maximum absolute atomic E-state index is 13.7. The van der Waals surface area contributed by atoms with Crippen LogP contribution in [0.1, 0.15) is 84.0 Å². The molecule has 3 N–H and O–H groups in total. The number of pyridine rings is 1. The number of ether oxygens (including phenoxy) is 3. The van der Waals surface area contributed by atoms with Crippen molar-refractivity contribution in [3.63, 3.8) is 0 Å². The second kappa shape index (κ2) is 14.9. The fraction of sp³-hybridized carbons (Fsp3) is 0.571. The second-order valence-electron chi connectivity index (χ2n) is 13.5. The minimum atomic E-state index is -1.10. The smallest absolute Gasteiger partial charge is 0.310 e. The summed E-state index contributed by atoms with van der Waals surface area (Å²) in [5.41, 5.74) is 4.21. The lowest BCUT2D eigenvalue weighted by Crippen LogP contribution is -2.61. The number of aromatic nitrogens is 1. The molecular weight excluding hydrogens is 602 g/mol. The highest BCUT2D eigenvalue weighted by Crippen LogP contribution is 2.28. The molecule has 0 saturated carbocycles. The molecule has 0 radical (unpaired) electrons. The third-order valence-corrected chi connectivity index (χ3v) is 9.19. The number of hydrogen-bond donors (Lipinski definition) is 3. The Hall–Kier alpha value is -3.87. The Morgan fingerprint density at radius 3 is 2.57 bits per heavy atom. The number of amides is 3. The van der Waals surface area contributed by atoms with Crippen molar-refractivity contribution in [1.82, 2.24) is 26.1 Å². The highest BCUT2D eigenvalue weighted by atomic mass is 16.7. The molecule has 47 heavy (non-hydrogen) atoms. The van der Waals surface area contributed by atoms with Gasteiger partial charge in [-0.05, 0) is 88.0 Å². The summed E-state index contributed by atoms with van der Waals surface area (Å²) in [7, 11) is 0. The van der Waals surface area contributed by atoms with E-state index < -0.39 is 41.6 Å². The van der Waals surface area contributed by atoms with Gasteiger partial charge in [-0.15, -0.1) is 0 Å². The number of hydrazine groups is 1. The molecule has 3 amide bonds. The van der Waals surface area contributed by atoms with E-state index >= 15 is 0 Å². The zero-order chi connectivity index (χ0) is 33.7. The Kier molecular flexibility index (Phi) is 10.9. The Labute approximate surface area is 275 Å². The van der Waals surface area contributed by atoms with Crippen molar-refractivity contribution in [2.45, 2.75) is 96.6 Å². The fourth-order valence-electron chi connectivity index (χ4n) is 6.17. The van der Waals surface area contributed by atoms with Gasteiger partial charge in [0.25, 0.3) is 11.8 Å². The molecule has 2 aromatic rings. The molecule has 0 spiro atoms. The van der Waals surface area contributed by atoms with Crippen molar-refractivity contribution in [2.75, 3.05) is 19.9 Å². The second-order valence-corrected chi connectivity index (χ2v) is 13.5. The molecule has 0 aliphatic carbocycles. The van der Waals surface area contributed by atoms with Gasteiger partial charge >= 0.3 is 5.97 Å². The van der Waals surface area contributed by atoms with Crippen molar-refractivity contribution in [1.29, 1.82) is 0 Å². The summed E-state index contributed by atoms with van der Waals surface area (Å²) < 4.78 is 17.1. The maximum Gasteiger partial charge on any atom is 0.310 e. The molecule has 5 rings (SSSR count). The standard InChI is InChI=1S/C35H47N5O7/c1-21(2)30-32(42)38-23(4)33(43)40-15-7-10-29(39-40)31(41)37-22(3)25-11-12-26-18-36-28(17-27(26)16-25)9-6-8-24(34(44)47-30)13-14-35(5)19-45-20-46-35/h6,9,11-12,16-18,21-24,29-30,39H,7-8,10,13-15,19-20H2,1-5H3,(H,37,41)(H,38,42)/b9-6+/t22-,23+,24+,29+,30+,35?/m1/s1. The van der Waals surface area contributed by atoms with E-state index in [-0.39, 0.29) is 30.6 Å². The van der Waals surface area contributed by atoms with E-state index in [9.17, 15) is 19.2 Å². The van der Waals surface area contributed by atoms with E-state index in [4.69, 9.17) is 14.2 Å². The lowest BCUT2D eigenvalue weighted by atomic mass is 9.91. The predicted octanol–water partition coefficient (Wildman–Crippen LogP) is 3.56. The molecule has 6 atom stereocenters. The molecule has 1 unspecified atom stereocenters. The zero-order valence-corrected chi connectivity index (χ0v) is 27.9. The summed E-state index contributed by atoms with van der Waals surface area (Å²) >= 11 is 0. The Balaban J connectivity index is 1.45. The van der Waals surface area contributed by atoms with Crippen LogP contribution in [-0.2, 0) is 33.4 Å². The number of esters is 1. The SMILES string of the molecule is CC(C)[C@@H]1OC(=O)[C@H](CCC2(C)COCO2)C/C=C/c2cc3cc(ccc3cn2)[C@@H](C)NC(=O)[C@@H]2CCCN(N2)C(=O)[C@H](C)NC1=O. The van der Waals surface area contributed by atoms with Gasteiger partial charge in [-0.3, -0.25) is 29.2 Å². The van der Waals surface area contributed by atoms with Gasteiger partial charge < -0.3 is 24.8 Å². The van der Waals surface area contributed by atoms with Gasteiger partial charge in [0.05, 0.1) is 29.9 Å². The van der Waals surface area contributed by atoms with Crippen LogP contribution in [0.3, 0.4) is 0 Å². The van der Waals surface area contributed by atoms with E-state index in [1.54, 1.807) is 27.0 Å². The zero-order valence-electron chi connectivity index (χ0n) is 27.9. The molecule has 3 aliphatic rings. The first-order valence-electron chi connectivity index (χ1n) is 16.6. The molecule has 3 aliphatic heterocycles. The van der Waals surface area contributed by atoms with Crippen LogP contribution >= 0.6 is 0 Å². The van der Waals surface area contributed by atoms with Crippen molar-refractivity contribution in [3.8, 4) is 0 Å². The lowest BCUT2D eigenvalue weighted by molar-refractivity contribution is -0.163. The first kappa shape index (κ1) is 34.5. The Morgan fingerprint density at radius 1 is 1.04 bits per heavy atom. The third-order valence-electron chi connectivity index (χ3n) is 9.19. The van der Waals surface area contributed by atoms with Crippen LogP contribution in [0.2, 0.25) is 0 Å². The van der Waals surface area contributed by atoms with Gasteiger partial charge in [0.1, 0.15) is 18.9 Å². The van der Waals surface area contributed by atoms with E-state index in [0.717, 1.165) is 22.0 Å². The van der Waals surface area contributed by atoms with E-state index in [1.165, 1.54) is 5.01 Å². The summed E-state index contributed by atoms with van der Waals surface area (Å²) in [6.45, 7) is 10.1. The fourth-order valence-corrected chi connectivity index (χ4v) is 6.17. The van der Waals surface area contributed by atoms with Gasteiger partial charge in [0.15, 0.2) is 6.10 Å². The molecule has 12 heteroatoms. The lowest BCUT2D eigenvalue weighted by Gasteiger charge is -2.35. The van der Waals surface area contributed by atoms with Crippen LogP contribution in [0.25, 0.3) is 16.8 Å². The van der Waals surface area contributed by atoms with Gasteiger partial charge in [-0.1, -0.05) is 32.1 Å². The summed E-state index contributed by atoms with van der Waals surface area (Å²) in [5, 5.41) is 9.15. The maximum atomic E-state index is 13.7. The molecular formula is C35H47N5O7. The quantitative estimate of drug-likeness (QED) is 0.423. The molecule has 12 nitrogen and oxygen atoms in total. The van der Waals surface area contributed by atoms with Crippen LogP contribution in [-0.4, -0.2) is 77.4 Å². The van der Waals surface area contributed by atoms with Gasteiger partial charge in [-0.25, -0.2) is 5.43 Å². The number of allylic oxidation sites excluding steroid dienone is 1. The van der Waals surface area contributed by atoms with Crippen LogP contribution in [0, 0.1) is 11.8 Å². The number of benzene rings is 1. The number of rotatable bonds is 4. The summed E-state index contributed by atoms with van der Waals surface area (Å²) in [5.74, 6) is -2.54. The summed E-state index contributed by atoms with van der Waals surface area (Å²) in [6, 6.07) is 6.16. The van der Waals surface area contributed by atoms with E-state index in [0.29, 0.717) is 45.3 Å². The average molecular weight is 650 g/mol. The van der Waals surface area contributed by atoms with Crippen molar-refractivity contribution >= 4 is 40.5 Å². The highest BCUT2D eigenvalue weighted by Gasteiger charge is 2.36. The van der Waals surface area contributed by atoms with Crippen molar-refractivity contribution < 1.29 is 33.4 Å². The predicted molar refractivity (Wildman–Crippen MR) is 175 cm³/mol. The van der Waals surface area contributed by atoms with Crippen molar-refractivity contribution in [2.24, 2.45) is 11.8 Å². The number of fused-ring (bicyclic) bond motifs is 4. The summed E-state index contributed by atoms with van der Waals surface area (Å²) in [6.07, 6.45) is 7.05. The Bertz CT molecular complexity index is 1500. The molecule has 2 fully saturated rings. The molecule has 2 saturated heterocycles. The largest absolute Gasteiger partial charge is 0.452 e. The minimum Gasteiger partial charge on any atom is -0.452 e. The van der Waals surface area contributed by atoms with Crippen LogP contribution in [0.15, 0.2) is 36.5 Å². The van der Waals surface area contributed by atoms with Gasteiger partial charge in [0, 0.05) is 18.1 Å². The van der Waals surface area contributed by atoms with Crippen LogP contribution in [0.4, 0.5) is 0 Å². The normalized spacial score (nSPS) is 30.5. The first-order chi connectivity index (χ1) is 22.4. The number of nitrogens with one attached hydrogen (secondary N) is 3. The molecule has 1 aromatic heterocycles. The van der Waals surface area contributed by atoms with Crippen LogP contribution in [0.5, 0.6) is 0 Å². The number of cyclic esters (lactones) is 1. The van der Waals surface area contributed by atoms with Gasteiger partial charge in [0.2, 0.25) is 5.91 Å². The van der Waals surface area contributed by atoms with Crippen molar-refractivity contribution in [3.05, 3.63) is 47.8 Å². The number of hydrogen-bond acceptors (Lipinski definition) is 9. The molecule has 1 aromatic carbocycles. The molecule has 4 heterocycles. The van der Waals surface area contributed by atoms with E-state index in [1.807, 2.05) is 50.3 Å². The molecule has 5 bridgehead atoms. The highest BCUT2D eigenvalue weighted by molar-refractivity contribution is 5.91. The first-order valence-corrected chi connectivity index (χ1v) is 16.6. The average Bonchev–Trinajstić information content (AvgIpc) is 3.49. The topological polar surface area (TPSA) is 148 Å². The van der Waals surface area contributed by atoms with E-state index in [2.05, 4.69) is 21.0 Å². The number of nitrogens with zero attached hydrogens (tertiary/aromatic N) is 2. The number of carbonyl (C=O) groups is 4. The van der Waals surface area contributed by atoms with Crippen LogP contribution < -0.4 is 16.1 Å². The monoisotopic (exact) mass is 649 g/mol. The number of carbonyl (C=O) groups excluding carboxylic acids is 4. The van der Waals surface area contributed by atoms with Gasteiger partial charge in [-0.2, -0.15) is 0 Å². The third kappa shape index (κ3) is 8.54.